The van der Waals surface area contributed by atoms with Crippen molar-refractivity contribution < 1.29 is 28.7 Å². The van der Waals surface area contributed by atoms with Crippen LogP contribution < -0.4 is 5.32 Å². The summed E-state index contributed by atoms with van der Waals surface area (Å²) in [5, 5.41) is 3.63. The minimum Gasteiger partial charge on any atom is -0.464 e. The number of nitrogens with one attached hydrogen (secondary N) is 1. The molecule has 9 heteroatoms. The van der Waals surface area contributed by atoms with Crippen molar-refractivity contribution in [2.24, 2.45) is 17.8 Å². The molecule has 0 aromatic rings. The van der Waals surface area contributed by atoms with Crippen LogP contribution in [0.2, 0.25) is 0 Å². The number of nitrogens with zero attached hydrogens (tertiary/aromatic N) is 2. The summed E-state index contributed by atoms with van der Waals surface area (Å²) in [7, 11) is 1.77. The summed E-state index contributed by atoms with van der Waals surface area (Å²) in [5.74, 6) is 0.0257. The summed E-state index contributed by atoms with van der Waals surface area (Å²) < 4.78 is 10.8. The third-order valence-electron chi connectivity index (χ3n) is 10.2. The van der Waals surface area contributed by atoms with Crippen molar-refractivity contribution in [3.63, 3.8) is 0 Å². The number of carbonyl (C=O) groups excluding carboxylic acids is 4. The lowest BCUT2D eigenvalue weighted by molar-refractivity contribution is -0.148. The SMILES string of the molecule is C.CCC(C)CC1C(=O)N(C2CC(C)(C)NC(C)(C)C2)C(=O)C1C.COC1CC(C)(C)N(CCOC(=O)CCC(C)=O)C(C)(C)C1. The average Bonchev–Trinajstić information content (AvgIpc) is 3.09. The molecular formula is C37H69N3O6. The van der Waals surface area contributed by atoms with Gasteiger partial charge in [-0.2, -0.15) is 0 Å². The van der Waals surface area contributed by atoms with Crippen LogP contribution in [0.3, 0.4) is 0 Å². The number of Topliss-reactive ketones (excluding diaryl/α,β-unsaturated/α-hetero) is 1. The number of hydrogen-bond acceptors (Lipinski definition) is 8. The highest BCUT2D eigenvalue weighted by Gasteiger charge is 2.51. The zero-order chi connectivity index (χ0) is 34.5. The first-order valence-corrected chi connectivity index (χ1v) is 17.2. The molecule has 2 amide bonds. The van der Waals surface area contributed by atoms with Crippen molar-refractivity contribution >= 4 is 23.6 Å². The van der Waals surface area contributed by atoms with E-state index in [1.165, 1.54) is 6.92 Å². The van der Waals surface area contributed by atoms with E-state index < -0.39 is 0 Å². The minimum atomic E-state index is -0.294. The molecule has 268 valence electrons. The maximum atomic E-state index is 13.0. The number of piperidine rings is 2. The first kappa shape index (κ1) is 42.2. The number of likely N-dealkylation sites (tertiary alicyclic amines) is 2. The molecule has 0 radical (unpaired) electrons. The summed E-state index contributed by atoms with van der Waals surface area (Å²) in [4.78, 5) is 52.3. The monoisotopic (exact) mass is 652 g/mol. The van der Waals surface area contributed by atoms with Crippen molar-refractivity contribution in [3.8, 4) is 0 Å². The minimum absolute atomic E-state index is 0. The van der Waals surface area contributed by atoms with Gasteiger partial charge in [0.25, 0.3) is 0 Å². The summed E-state index contributed by atoms with van der Waals surface area (Å²) in [6, 6.07) is 0.0191. The van der Waals surface area contributed by atoms with E-state index in [4.69, 9.17) is 9.47 Å². The Hall–Kier alpha value is -1.84. The molecule has 0 aliphatic carbocycles. The Morgan fingerprint density at radius 3 is 1.89 bits per heavy atom. The number of amides is 2. The molecule has 3 fully saturated rings. The van der Waals surface area contributed by atoms with Crippen LogP contribution in [-0.2, 0) is 28.7 Å². The van der Waals surface area contributed by atoms with Crippen LogP contribution >= 0.6 is 0 Å². The Morgan fingerprint density at radius 1 is 0.913 bits per heavy atom. The molecule has 46 heavy (non-hydrogen) atoms. The number of hydrogen-bond donors (Lipinski definition) is 1. The molecule has 3 aliphatic rings. The summed E-state index contributed by atoms with van der Waals surface area (Å²) in [5.41, 5.74) is -0.140. The molecule has 0 aromatic carbocycles. The van der Waals surface area contributed by atoms with E-state index in [2.05, 4.69) is 79.5 Å². The summed E-state index contributed by atoms with van der Waals surface area (Å²) >= 11 is 0. The molecule has 3 aliphatic heterocycles. The first-order chi connectivity index (χ1) is 20.6. The van der Waals surface area contributed by atoms with Crippen LogP contribution in [0.25, 0.3) is 0 Å². The predicted molar refractivity (Wildman–Crippen MR) is 185 cm³/mol. The second kappa shape index (κ2) is 16.5. The largest absolute Gasteiger partial charge is 0.464 e. The predicted octanol–water partition coefficient (Wildman–Crippen LogP) is 6.56. The van der Waals surface area contributed by atoms with E-state index in [-0.39, 0.29) is 90.0 Å². The van der Waals surface area contributed by atoms with E-state index >= 15 is 0 Å². The number of ether oxygens (including phenoxy) is 2. The molecule has 3 rings (SSSR count). The van der Waals surface area contributed by atoms with Gasteiger partial charge in [0.05, 0.1) is 18.4 Å². The molecule has 3 heterocycles. The van der Waals surface area contributed by atoms with Crippen LogP contribution in [0.15, 0.2) is 0 Å². The number of rotatable bonds is 11. The van der Waals surface area contributed by atoms with Gasteiger partial charge >= 0.3 is 5.97 Å². The molecule has 0 saturated carbocycles. The average molecular weight is 652 g/mol. The van der Waals surface area contributed by atoms with E-state index in [0.717, 1.165) is 38.5 Å². The van der Waals surface area contributed by atoms with Crippen LogP contribution in [-0.4, -0.2) is 87.9 Å². The van der Waals surface area contributed by atoms with E-state index in [0.29, 0.717) is 19.1 Å². The van der Waals surface area contributed by atoms with Gasteiger partial charge in [0.1, 0.15) is 12.4 Å². The Kier molecular flexibility index (Phi) is 15.1. The summed E-state index contributed by atoms with van der Waals surface area (Å²) in [6.07, 6.45) is 6.17. The zero-order valence-electron chi connectivity index (χ0n) is 30.8. The van der Waals surface area contributed by atoms with Gasteiger partial charge in [0.15, 0.2) is 0 Å². The van der Waals surface area contributed by atoms with Crippen molar-refractivity contribution in [2.75, 3.05) is 20.3 Å². The molecule has 3 saturated heterocycles. The van der Waals surface area contributed by atoms with Gasteiger partial charge in [0, 0.05) is 54.2 Å². The highest BCUT2D eigenvalue weighted by atomic mass is 16.5. The standard InChI is InChI=1S/C19H34N2O2.C17H31NO4.CH4/c1-8-12(2)9-15-13(3)16(22)21(17(15)23)14-10-18(4,5)20-19(6,7)11-14;1-13(19)7-8-15(20)22-10-9-18-16(2,3)11-14(21-6)12-17(18,4)5;/h12-15,20H,8-11H2,1-7H3;14H,7-12H2,1-6H3;1H4. The highest BCUT2D eigenvalue weighted by Crippen LogP contribution is 2.40. The Bertz CT molecular complexity index is 1020. The third-order valence-corrected chi connectivity index (χ3v) is 10.2. The number of imide groups is 1. The van der Waals surface area contributed by atoms with Gasteiger partial charge in [-0.1, -0.05) is 34.6 Å². The topological polar surface area (TPSA) is 105 Å². The molecule has 3 atom stereocenters. The molecular weight excluding hydrogens is 582 g/mol. The van der Waals surface area contributed by atoms with Gasteiger partial charge in [-0.15, -0.1) is 0 Å². The van der Waals surface area contributed by atoms with Crippen LogP contribution in [0.1, 0.15) is 142 Å². The van der Waals surface area contributed by atoms with E-state index in [1.54, 1.807) is 12.0 Å². The zero-order valence-corrected chi connectivity index (χ0v) is 30.8. The van der Waals surface area contributed by atoms with Gasteiger partial charge in [-0.05, 0) is 100 Å². The second-order valence-corrected chi connectivity index (χ2v) is 16.6. The second-order valence-electron chi connectivity index (χ2n) is 16.6. The first-order valence-electron chi connectivity index (χ1n) is 17.2. The molecule has 0 aromatic heterocycles. The van der Waals surface area contributed by atoms with Crippen molar-refractivity contribution in [1.29, 1.82) is 0 Å². The van der Waals surface area contributed by atoms with Crippen LogP contribution in [0, 0.1) is 17.8 Å². The van der Waals surface area contributed by atoms with Gasteiger partial charge in [0.2, 0.25) is 11.8 Å². The fourth-order valence-corrected chi connectivity index (χ4v) is 8.21. The van der Waals surface area contributed by atoms with Gasteiger partial charge in [-0.3, -0.25) is 24.2 Å². The number of methoxy groups -OCH3 is 1. The van der Waals surface area contributed by atoms with Gasteiger partial charge < -0.3 is 19.6 Å². The number of esters is 1. The lowest BCUT2D eigenvalue weighted by Crippen LogP contribution is -2.63. The molecule has 0 bridgehead atoms. The molecule has 1 N–H and O–H groups in total. The molecule has 3 unspecified atom stereocenters. The lowest BCUT2D eigenvalue weighted by Gasteiger charge is -2.55. The fourth-order valence-electron chi connectivity index (χ4n) is 8.21. The summed E-state index contributed by atoms with van der Waals surface area (Å²) in [6.45, 7) is 26.3. The Balaban J connectivity index is 0.000000451. The number of carbonyl (C=O) groups is 4. The third kappa shape index (κ3) is 11.4. The Morgan fingerprint density at radius 2 is 1.43 bits per heavy atom. The maximum Gasteiger partial charge on any atom is 0.306 e. The van der Waals surface area contributed by atoms with Crippen molar-refractivity contribution in [1.82, 2.24) is 15.1 Å². The van der Waals surface area contributed by atoms with Gasteiger partial charge in [-0.25, -0.2) is 0 Å². The maximum absolute atomic E-state index is 13.0. The number of ketones is 1. The normalized spacial score (nSPS) is 26.5. The van der Waals surface area contributed by atoms with Crippen LogP contribution in [0.5, 0.6) is 0 Å². The Labute approximate surface area is 281 Å². The van der Waals surface area contributed by atoms with Crippen molar-refractivity contribution in [3.05, 3.63) is 0 Å². The highest BCUT2D eigenvalue weighted by molar-refractivity contribution is 6.05. The lowest BCUT2D eigenvalue weighted by atomic mass is 9.78. The van der Waals surface area contributed by atoms with E-state index in [1.807, 2.05) is 6.92 Å². The molecule has 9 nitrogen and oxygen atoms in total. The molecule has 0 spiro atoms. The van der Waals surface area contributed by atoms with E-state index in [9.17, 15) is 19.2 Å². The van der Waals surface area contributed by atoms with Crippen LogP contribution in [0.4, 0.5) is 0 Å². The quantitative estimate of drug-likeness (QED) is 0.198. The smallest absolute Gasteiger partial charge is 0.306 e. The fraction of sp³-hybridized carbons (Fsp3) is 0.892. The van der Waals surface area contributed by atoms with Crippen molar-refractivity contribution in [2.45, 2.75) is 176 Å².